The number of fused-ring (bicyclic) bond motifs is 1. The topological polar surface area (TPSA) is 66.6 Å². The Morgan fingerprint density at radius 2 is 1.96 bits per heavy atom. The van der Waals surface area contributed by atoms with E-state index in [9.17, 15) is 4.79 Å². The number of hydrogen-bond acceptors (Lipinski definition) is 5. The second kappa shape index (κ2) is 5.47. The lowest BCUT2D eigenvalue weighted by atomic mass is 10.0. The van der Waals surface area contributed by atoms with Crippen molar-refractivity contribution in [3.63, 3.8) is 0 Å². The Labute approximate surface area is 135 Å². The molecular weight excluding hydrogens is 292 g/mol. The van der Waals surface area contributed by atoms with Gasteiger partial charge in [-0.1, -0.05) is 12.8 Å². The molecule has 0 N–H and O–H groups in total. The van der Waals surface area contributed by atoms with E-state index in [1.807, 2.05) is 31.0 Å². The van der Waals surface area contributed by atoms with E-state index in [-0.39, 0.29) is 5.92 Å². The van der Waals surface area contributed by atoms with Gasteiger partial charge in [0.25, 0.3) is 0 Å². The van der Waals surface area contributed by atoms with Gasteiger partial charge >= 0.3 is 0 Å². The molecule has 2 fully saturated rings. The van der Waals surface area contributed by atoms with Crippen molar-refractivity contribution in [2.75, 3.05) is 25.0 Å². The molecule has 1 aliphatic carbocycles. The zero-order valence-electron chi connectivity index (χ0n) is 13.6. The average molecular weight is 314 g/mol. The van der Waals surface area contributed by atoms with Crippen LogP contribution in [0.2, 0.25) is 0 Å². The first-order chi connectivity index (χ1) is 11.1. The summed E-state index contributed by atoms with van der Waals surface area (Å²) >= 11 is 0. The zero-order valence-corrected chi connectivity index (χ0v) is 13.6. The first kappa shape index (κ1) is 14.4. The van der Waals surface area contributed by atoms with E-state index in [2.05, 4.69) is 20.2 Å². The first-order valence-corrected chi connectivity index (χ1v) is 8.34. The van der Waals surface area contributed by atoms with E-state index in [4.69, 9.17) is 0 Å². The third kappa shape index (κ3) is 2.44. The van der Waals surface area contributed by atoms with Crippen molar-refractivity contribution >= 4 is 17.4 Å². The minimum atomic E-state index is 0.253. The Morgan fingerprint density at radius 1 is 1.22 bits per heavy atom. The Kier molecular flexibility index (Phi) is 3.43. The highest BCUT2D eigenvalue weighted by Crippen LogP contribution is 2.29. The van der Waals surface area contributed by atoms with Gasteiger partial charge < -0.3 is 9.80 Å². The third-order valence-electron chi connectivity index (χ3n) is 5.19. The molecule has 1 amide bonds. The van der Waals surface area contributed by atoms with Gasteiger partial charge in [-0.3, -0.25) is 4.79 Å². The van der Waals surface area contributed by atoms with Crippen molar-refractivity contribution in [2.45, 2.75) is 38.6 Å². The SMILES string of the molecule is Cc1nnc2ccc(N3CC(N(C)C(=O)C4CCCC4)C3)nn12. The highest BCUT2D eigenvalue weighted by Gasteiger charge is 2.36. The van der Waals surface area contributed by atoms with Crippen LogP contribution in [-0.4, -0.2) is 56.8 Å². The lowest BCUT2D eigenvalue weighted by Crippen LogP contribution is -2.60. The smallest absolute Gasteiger partial charge is 0.225 e. The number of carbonyl (C=O) groups is 1. The van der Waals surface area contributed by atoms with Gasteiger partial charge in [0.05, 0.1) is 6.04 Å². The Bertz CT molecular complexity index is 729. The van der Waals surface area contributed by atoms with Crippen LogP contribution in [0.5, 0.6) is 0 Å². The molecule has 0 spiro atoms. The molecule has 0 bridgehead atoms. The van der Waals surface area contributed by atoms with Crippen LogP contribution in [0.4, 0.5) is 5.82 Å². The number of hydrogen-bond donors (Lipinski definition) is 0. The minimum Gasteiger partial charge on any atom is -0.351 e. The fraction of sp³-hybridized carbons (Fsp3) is 0.625. The quantitative estimate of drug-likeness (QED) is 0.853. The second-order valence-electron chi connectivity index (χ2n) is 6.70. The summed E-state index contributed by atoms with van der Waals surface area (Å²) in [6.07, 6.45) is 4.52. The molecule has 1 saturated heterocycles. The van der Waals surface area contributed by atoms with Crippen LogP contribution in [0, 0.1) is 12.8 Å². The summed E-state index contributed by atoms with van der Waals surface area (Å²) in [6, 6.07) is 4.20. The first-order valence-electron chi connectivity index (χ1n) is 8.34. The normalized spacial score (nSPS) is 19.3. The number of aromatic nitrogens is 4. The molecule has 122 valence electrons. The van der Waals surface area contributed by atoms with Gasteiger partial charge in [-0.05, 0) is 31.9 Å². The maximum absolute atomic E-state index is 12.5. The maximum Gasteiger partial charge on any atom is 0.225 e. The lowest BCUT2D eigenvalue weighted by molar-refractivity contribution is -0.136. The van der Waals surface area contributed by atoms with Gasteiger partial charge in [-0.15, -0.1) is 15.3 Å². The Morgan fingerprint density at radius 3 is 2.70 bits per heavy atom. The van der Waals surface area contributed by atoms with Gasteiger partial charge in [0.2, 0.25) is 5.91 Å². The number of amides is 1. The zero-order chi connectivity index (χ0) is 16.0. The molecule has 2 aromatic heterocycles. The van der Waals surface area contributed by atoms with Crippen LogP contribution in [0.15, 0.2) is 12.1 Å². The van der Waals surface area contributed by atoms with Crippen molar-refractivity contribution in [1.29, 1.82) is 0 Å². The van der Waals surface area contributed by atoms with E-state index < -0.39 is 0 Å². The summed E-state index contributed by atoms with van der Waals surface area (Å²) in [5, 5.41) is 12.7. The molecule has 0 atom stereocenters. The van der Waals surface area contributed by atoms with Crippen molar-refractivity contribution in [3.05, 3.63) is 18.0 Å². The van der Waals surface area contributed by atoms with Crippen LogP contribution in [0.3, 0.4) is 0 Å². The predicted octanol–water partition coefficient (Wildman–Crippen LogP) is 1.27. The van der Waals surface area contributed by atoms with Crippen LogP contribution in [0.25, 0.3) is 5.65 Å². The van der Waals surface area contributed by atoms with E-state index in [1.165, 1.54) is 12.8 Å². The van der Waals surface area contributed by atoms with Crippen molar-refractivity contribution in [2.24, 2.45) is 5.92 Å². The number of carbonyl (C=O) groups excluding carboxylic acids is 1. The Balaban J connectivity index is 1.41. The van der Waals surface area contributed by atoms with E-state index in [0.717, 1.165) is 43.2 Å². The minimum absolute atomic E-state index is 0.253. The van der Waals surface area contributed by atoms with E-state index in [1.54, 1.807) is 4.52 Å². The summed E-state index contributed by atoms with van der Waals surface area (Å²) in [4.78, 5) is 16.6. The summed E-state index contributed by atoms with van der Waals surface area (Å²) < 4.78 is 1.76. The molecule has 7 nitrogen and oxygen atoms in total. The van der Waals surface area contributed by atoms with E-state index >= 15 is 0 Å². The monoisotopic (exact) mass is 314 g/mol. The molecule has 1 saturated carbocycles. The largest absolute Gasteiger partial charge is 0.351 e. The van der Waals surface area contributed by atoms with Crippen LogP contribution < -0.4 is 4.90 Å². The number of rotatable bonds is 3. The molecule has 2 aromatic rings. The molecule has 3 heterocycles. The summed E-state index contributed by atoms with van der Waals surface area (Å²) in [6.45, 7) is 3.58. The standard InChI is InChI=1S/C16H22N6O/c1-11-17-18-14-7-8-15(19-22(11)14)21-9-13(10-21)20(2)16(23)12-5-3-4-6-12/h7-8,12-13H,3-6,9-10H2,1-2H3. The van der Waals surface area contributed by atoms with Crippen LogP contribution in [0.1, 0.15) is 31.5 Å². The number of nitrogens with zero attached hydrogens (tertiary/aromatic N) is 6. The summed E-state index contributed by atoms with van der Waals surface area (Å²) in [5.74, 6) is 2.28. The van der Waals surface area contributed by atoms with Crippen molar-refractivity contribution in [1.82, 2.24) is 24.7 Å². The molecule has 0 unspecified atom stereocenters. The number of anilines is 1. The van der Waals surface area contributed by atoms with Crippen molar-refractivity contribution in [3.8, 4) is 0 Å². The molecule has 1 aliphatic heterocycles. The van der Waals surface area contributed by atoms with Gasteiger partial charge in [0, 0.05) is 26.1 Å². The van der Waals surface area contributed by atoms with Gasteiger partial charge in [-0.25, -0.2) is 0 Å². The number of likely N-dealkylation sites (N-methyl/N-ethyl adjacent to an activating group) is 1. The highest BCUT2D eigenvalue weighted by atomic mass is 16.2. The maximum atomic E-state index is 12.5. The molecule has 2 aliphatic rings. The summed E-state index contributed by atoms with van der Waals surface area (Å²) in [5.41, 5.74) is 0.761. The molecule has 0 radical (unpaired) electrons. The highest BCUT2D eigenvalue weighted by molar-refractivity contribution is 5.79. The van der Waals surface area contributed by atoms with Crippen LogP contribution >= 0.6 is 0 Å². The van der Waals surface area contributed by atoms with Gasteiger partial charge in [0.15, 0.2) is 11.5 Å². The fourth-order valence-corrected chi connectivity index (χ4v) is 3.58. The molecule has 7 heteroatoms. The molecule has 0 aromatic carbocycles. The van der Waals surface area contributed by atoms with E-state index in [0.29, 0.717) is 11.9 Å². The molecule has 4 rings (SSSR count). The molecular formula is C16H22N6O. The lowest BCUT2D eigenvalue weighted by Gasteiger charge is -2.45. The average Bonchev–Trinajstić information content (AvgIpc) is 3.15. The fourth-order valence-electron chi connectivity index (χ4n) is 3.58. The summed E-state index contributed by atoms with van der Waals surface area (Å²) in [7, 11) is 1.95. The van der Waals surface area contributed by atoms with Crippen molar-refractivity contribution < 1.29 is 4.79 Å². The number of aryl methyl sites for hydroxylation is 1. The van der Waals surface area contributed by atoms with Crippen LogP contribution in [-0.2, 0) is 4.79 Å². The molecule has 23 heavy (non-hydrogen) atoms. The van der Waals surface area contributed by atoms with Gasteiger partial charge in [-0.2, -0.15) is 4.52 Å². The second-order valence-corrected chi connectivity index (χ2v) is 6.70. The van der Waals surface area contributed by atoms with Gasteiger partial charge in [0.1, 0.15) is 5.82 Å². The third-order valence-corrected chi connectivity index (χ3v) is 5.19. The predicted molar refractivity (Wildman–Crippen MR) is 86.2 cm³/mol. The Hall–Kier alpha value is -2.18.